The lowest BCUT2D eigenvalue weighted by molar-refractivity contribution is 0.0982. The third-order valence-corrected chi connectivity index (χ3v) is 9.66. The van der Waals surface area contributed by atoms with Gasteiger partial charge in [0.25, 0.3) is 0 Å². The fourth-order valence-electron chi connectivity index (χ4n) is 6.40. The Morgan fingerprint density at radius 1 is 0.826 bits per heavy atom. The summed E-state index contributed by atoms with van der Waals surface area (Å²) in [5.74, 6) is 1.89. The highest BCUT2D eigenvalue weighted by molar-refractivity contribution is 9.10. The molecule has 0 amide bonds. The van der Waals surface area contributed by atoms with Gasteiger partial charge in [-0.05, 0) is 72.2 Å². The minimum atomic E-state index is 0.472. The second-order valence-electron chi connectivity index (χ2n) is 12.1. The van der Waals surface area contributed by atoms with Crippen molar-refractivity contribution in [1.82, 2.24) is 24.8 Å². The van der Waals surface area contributed by atoms with Crippen molar-refractivity contribution in [1.29, 1.82) is 0 Å². The van der Waals surface area contributed by atoms with Gasteiger partial charge in [-0.2, -0.15) is 4.98 Å². The van der Waals surface area contributed by atoms with E-state index in [1.165, 1.54) is 44.7 Å². The molecule has 2 aromatic heterocycles. The number of anilines is 5. The molecule has 0 atom stereocenters. The van der Waals surface area contributed by atoms with Crippen LogP contribution in [0.2, 0.25) is 0 Å². The van der Waals surface area contributed by atoms with Gasteiger partial charge in [0.1, 0.15) is 11.6 Å². The van der Waals surface area contributed by atoms with Crippen LogP contribution in [0.25, 0.3) is 22.2 Å². The van der Waals surface area contributed by atoms with Crippen LogP contribution in [0.3, 0.4) is 0 Å². The number of fused-ring (bicyclic) bond motifs is 1. The van der Waals surface area contributed by atoms with Crippen molar-refractivity contribution in [3.63, 3.8) is 0 Å². The van der Waals surface area contributed by atoms with Crippen molar-refractivity contribution in [2.45, 2.75) is 18.9 Å². The maximum absolute atomic E-state index is 5.81. The van der Waals surface area contributed by atoms with Crippen molar-refractivity contribution in [2.24, 2.45) is 0 Å². The number of hydrogen-bond acceptors (Lipinski definition) is 9. The van der Waals surface area contributed by atoms with Crippen molar-refractivity contribution in [2.75, 3.05) is 69.0 Å². The second kappa shape index (κ2) is 13.6. The molecule has 0 spiro atoms. The van der Waals surface area contributed by atoms with Crippen LogP contribution in [0.5, 0.6) is 5.75 Å². The molecule has 46 heavy (non-hydrogen) atoms. The number of aromatic nitrogens is 3. The summed E-state index contributed by atoms with van der Waals surface area (Å²) in [6.07, 6.45) is 4.13. The van der Waals surface area contributed by atoms with Gasteiger partial charge in [-0.3, -0.25) is 4.90 Å². The molecule has 2 aliphatic heterocycles. The molecule has 2 aliphatic rings. The van der Waals surface area contributed by atoms with Gasteiger partial charge in [0.15, 0.2) is 0 Å². The standard InChI is InChI=1S/C36H39BrN8O/c1-43-18-20-45(21-19-43)28-14-16-44(17-15-28)29-10-13-33(34(23-29)46-2)41-36-38-24-30(37)35(42-36)39-27-9-12-32-26(22-27)8-11-31(40-32)25-6-4-3-5-7-25/h3-13,22-24,28H,14-21H2,1-2H3,(H2,38,39,41,42). The molecule has 2 fully saturated rings. The topological polar surface area (TPSA) is 81.7 Å². The van der Waals surface area contributed by atoms with Gasteiger partial charge in [-0.15, -0.1) is 0 Å². The lowest BCUT2D eigenvalue weighted by atomic mass is 10.0. The first-order valence-electron chi connectivity index (χ1n) is 15.9. The number of pyridine rings is 1. The van der Waals surface area contributed by atoms with Gasteiger partial charge in [-0.25, -0.2) is 9.97 Å². The molecule has 2 N–H and O–H groups in total. The summed E-state index contributed by atoms with van der Waals surface area (Å²) < 4.78 is 6.58. The number of nitrogens with zero attached hydrogens (tertiary/aromatic N) is 6. The molecule has 236 valence electrons. The Bertz CT molecular complexity index is 1800. The van der Waals surface area contributed by atoms with Crippen LogP contribution < -0.4 is 20.3 Å². The molecule has 0 bridgehead atoms. The van der Waals surface area contributed by atoms with E-state index in [0.717, 1.165) is 56.8 Å². The van der Waals surface area contributed by atoms with E-state index in [0.29, 0.717) is 17.8 Å². The number of hydrogen-bond donors (Lipinski definition) is 2. The van der Waals surface area contributed by atoms with Crippen LogP contribution in [0, 0.1) is 0 Å². The summed E-state index contributed by atoms with van der Waals surface area (Å²) in [4.78, 5) is 21.7. The zero-order valence-corrected chi connectivity index (χ0v) is 27.9. The molecule has 3 aromatic carbocycles. The predicted octanol–water partition coefficient (Wildman–Crippen LogP) is 7.17. The number of rotatable bonds is 8. The quantitative estimate of drug-likeness (QED) is 0.178. The number of halogens is 1. The molecule has 4 heterocycles. The smallest absolute Gasteiger partial charge is 0.229 e. The normalized spacial score (nSPS) is 16.5. The summed E-state index contributed by atoms with van der Waals surface area (Å²) in [6.45, 7) is 6.81. The van der Waals surface area contributed by atoms with Crippen LogP contribution in [-0.4, -0.2) is 84.2 Å². The Kier molecular flexibility index (Phi) is 9.00. The van der Waals surface area contributed by atoms with Crippen LogP contribution in [-0.2, 0) is 0 Å². The summed E-state index contributed by atoms with van der Waals surface area (Å²) in [6, 6.07) is 27.5. The highest BCUT2D eigenvalue weighted by Crippen LogP contribution is 2.34. The lowest BCUT2D eigenvalue weighted by Gasteiger charge is -2.42. The Morgan fingerprint density at radius 2 is 1.63 bits per heavy atom. The number of ether oxygens (including phenoxy) is 1. The molecular weight excluding hydrogens is 640 g/mol. The highest BCUT2D eigenvalue weighted by atomic mass is 79.9. The van der Waals surface area contributed by atoms with Crippen molar-refractivity contribution >= 4 is 55.7 Å². The van der Waals surface area contributed by atoms with E-state index >= 15 is 0 Å². The number of benzene rings is 3. The number of nitrogens with one attached hydrogen (secondary N) is 2. The SMILES string of the molecule is COc1cc(N2CCC(N3CCN(C)CC3)CC2)ccc1Nc1ncc(Br)c(Nc2ccc3nc(-c4ccccc4)ccc3c2)n1. The molecule has 2 saturated heterocycles. The minimum Gasteiger partial charge on any atom is -0.494 e. The minimum absolute atomic E-state index is 0.472. The molecule has 7 rings (SSSR count). The zero-order valence-electron chi connectivity index (χ0n) is 26.3. The maximum atomic E-state index is 5.81. The molecule has 0 saturated carbocycles. The predicted molar refractivity (Wildman–Crippen MR) is 191 cm³/mol. The number of likely N-dealkylation sites (N-methyl/N-ethyl adjacent to an activating group) is 1. The van der Waals surface area contributed by atoms with E-state index in [9.17, 15) is 0 Å². The number of piperazine rings is 1. The Balaban J connectivity index is 1.02. The molecule has 0 radical (unpaired) electrons. The van der Waals surface area contributed by atoms with Crippen LogP contribution in [0.15, 0.2) is 89.5 Å². The Morgan fingerprint density at radius 3 is 2.41 bits per heavy atom. The van der Waals surface area contributed by atoms with E-state index in [1.807, 2.05) is 30.3 Å². The monoisotopic (exact) mass is 678 g/mol. The highest BCUT2D eigenvalue weighted by Gasteiger charge is 2.27. The summed E-state index contributed by atoms with van der Waals surface area (Å²) in [7, 11) is 3.92. The fraction of sp³-hybridized carbons (Fsp3) is 0.306. The lowest BCUT2D eigenvalue weighted by Crippen LogP contribution is -2.52. The van der Waals surface area contributed by atoms with E-state index in [2.05, 4.69) is 102 Å². The first-order chi connectivity index (χ1) is 22.5. The van der Waals surface area contributed by atoms with Gasteiger partial charge >= 0.3 is 0 Å². The van der Waals surface area contributed by atoms with Crippen molar-refractivity contribution in [3.8, 4) is 17.0 Å². The zero-order chi connectivity index (χ0) is 31.5. The molecule has 0 unspecified atom stereocenters. The molecular formula is C36H39BrN8O. The largest absolute Gasteiger partial charge is 0.494 e. The van der Waals surface area contributed by atoms with Gasteiger partial charge in [-0.1, -0.05) is 36.4 Å². The number of piperidine rings is 1. The third kappa shape index (κ3) is 6.79. The van der Waals surface area contributed by atoms with Crippen molar-refractivity contribution in [3.05, 3.63) is 89.5 Å². The first-order valence-corrected chi connectivity index (χ1v) is 16.7. The van der Waals surface area contributed by atoms with Crippen molar-refractivity contribution < 1.29 is 4.74 Å². The summed E-state index contributed by atoms with van der Waals surface area (Å²) in [5, 5.41) is 7.85. The Labute approximate surface area is 278 Å². The molecule has 10 heteroatoms. The van der Waals surface area contributed by atoms with E-state index in [4.69, 9.17) is 14.7 Å². The van der Waals surface area contributed by atoms with E-state index < -0.39 is 0 Å². The third-order valence-electron chi connectivity index (χ3n) is 9.08. The molecule has 5 aromatic rings. The summed E-state index contributed by atoms with van der Waals surface area (Å²) >= 11 is 3.61. The van der Waals surface area contributed by atoms with Gasteiger partial charge in [0.2, 0.25) is 5.95 Å². The maximum Gasteiger partial charge on any atom is 0.229 e. The molecule has 0 aliphatic carbocycles. The first kappa shape index (κ1) is 30.4. The summed E-state index contributed by atoms with van der Waals surface area (Å²) in [5.41, 5.74) is 5.90. The fourth-order valence-corrected chi connectivity index (χ4v) is 6.69. The van der Waals surface area contributed by atoms with E-state index in [-0.39, 0.29) is 0 Å². The second-order valence-corrected chi connectivity index (χ2v) is 12.9. The molecule has 9 nitrogen and oxygen atoms in total. The van der Waals surface area contributed by atoms with Gasteiger partial charge in [0, 0.05) is 79.9 Å². The average Bonchev–Trinajstić information content (AvgIpc) is 3.10. The van der Waals surface area contributed by atoms with Crippen LogP contribution in [0.4, 0.5) is 28.8 Å². The number of methoxy groups -OCH3 is 1. The van der Waals surface area contributed by atoms with Crippen LogP contribution >= 0.6 is 15.9 Å². The van der Waals surface area contributed by atoms with Crippen LogP contribution in [0.1, 0.15) is 12.8 Å². The average molecular weight is 680 g/mol. The Hall–Kier alpha value is -4.25. The van der Waals surface area contributed by atoms with Gasteiger partial charge < -0.3 is 25.2 Å². The van der Waals surface area contributed by atoms with E-state index in [1.54, 1.807) is 13.3 Å². The van der Waals surface area contributed by atoms with Gasteiger partial charge in [0.05, 0.1) is 28.5 Å².